The Morgan fingerprint density at radius 3 is 2.74 bits per heavy atom. The van der Waals surface area contributed by atoms with Crippen molar-refractivity contribution < 1.29 is 13.2 Å². The SMILES string of the molecule is CO[C@@H](/C=C/C(C)S(=O)(=O)c1nc2ccccc2s1)C/C=C/Br. The van der Waals surface area contributed by atoms with Crippen LogP contribution in [0, 0.1) is 0 Å². The molecule has 0 radical (unpaired) electrons. The van der Waals surface area contributed by atoms with Gasteiger partial charge in [0.2, 0.25) is 14.2 Å². The summed E-state index contributed by atoms with van der Waals surface area (Å²) in [6.07, 6.45) is 5.87. The van der Waals surface area contributed by atoms with Gasteiger partial charge in [0.1, 0.15) is 0 Å². The second-order valence-corrected chi connectivity index (χ2v) is 8.99. The van der Waals surface area contributed by atoms with Crippen LogP contribution in [0.4, 0.5) is 0 Å². The van der Waals surface area contributed by atoms with E-state index in [-0.39, 0.29) is 10.4 Å². The van der Waals surface area contributed by atoms with Crippen molar-refractivity contribution >= 4 is 47.3 Å². The van der Waals surface area contributed by atoms with Crippen LogP contribution in [-0.2, 0) is 14.6 Å². The molecular formula is C16H18BrNO3S2. The van der Waals surface area contributed by atoms with E-state index in [1.807, 2.05) is 30.3 Å². The highest BCUT2D eigenvalue weighted by atomic mass is 79.9. The van der Waals surface area contributed by atoms with E-state index in [0.717, 1.165) is 4.70 Å². The van der Waals surface area contributed by atoms with Gasteiger partial charge in [0.15, 0.2) is 0 Å². The smallest absolute Gasteiger partial charge is 0.211 e. The fourth-order valence-electron chi connectivity index (χ4n) is 1.95. The molecular weight excluding hydrogens is 398 g/mol. The molecule has 1 aromatic carbocycles. The van der Waals surface area contributed by atoms with Gasteiger partial charge in [-0.3, -0.25) is 0 Å². The summed E-state index contributed by atoms with van der Waals surface area (Å²) in [6, 6.07) is 7.42. The molecule has 0 bridgehead atoms. The van der Waals surface area contributed by atoms with Gasteiger partial charge < -0.3 is 4.74 Å². The molecule has 2 atom stereocenters. The maximum absolute atomic E-state index is 12.7. The zero-order valence-electron chi connectivity index (χ0n) is 12.8. The third-order valence-electron chi connectivity index (χ3n) is 3.36. The number of aromatic nitrogens is 1. The number of hydrogen-bond acceptors (Lipinski definition) is 5. The van der Waals surface area contributed by atoms with E-state index < -0.39 is 15.1 Å². The first-order valence-corrected chi connectivity index (χ1v) is 10.3. The summed E-state index contributed by atoms with van der Waals surface area (Å²) in [4.78, 5) is 6.01. The number of benzene rings is 1. The van der Waals surface area contributed by atoms with Crippen LogP contribution < -0.4 is 0 Å². The van der Waals surface area contributed by atoms with E-state index in [4.69, 9.17) is 4.74 Å². The Morgan fingerprint density at radius 1 is 1.35 bits per heavy atom. The fourth-order valence-corrected chi connectivity index (χ4v) is 4.90. The lowest BCUT2D eigenvalue weighted by Crippen LogP contribution is -2.16. The maximum Gasteiger partial charge on any atom is 0.211 e. The van der Waals surface area contributed by atoms with Crippen molar-refractivity contribution in [3.8, 4) is 0 Å². The lowest BCUT2D eigenvalue weighted by Gasteiger charge is -2.10. The minimum Gasteiger partial charge on any atom is -0.377 e. The van der Waals surface area contributed by atoms with Gasteiger partial charge in [0.25, 0.3) is 0 Å². The zero-order valence-corrected chi connectivity index (χ0v) is 16.1. The number of sulfone groups is 1. The van der Waals surface area contributed by atoms with E-state index in [9.17, 15) is 8.42 Å². The number of hydrogen-bond donors (Lipinski definition) is 0. The van der Waals surface area contributed by atoms with Gasteiger partial charge in [0.05, 0.1) is 21.6 Å². The predicted octanol–water partition coefficient (Wildman–Crippen LogP) is 4.33. The number of methoxy groups -OCH3 is 1. The molecule has 0 aliphatic rings. The van der Waals surface area contributed by atoms with Crippen LogP contribution in [0.1, 0.15) is 13.3 Å². The summed E-state index contributed by atoms with van der Waals surface area (Å²) in [7, 11) is -1.89. The topological polar surface area (TPSA) is 56.3 Å². The number of thiazole rings is 1. The quantitative estimate of drug-likeness (QED) is 0.631. The van der Waals surface area contributed by atoms with E-state index in [1.165, 1.54) is 11.3 Å². The summed E-state index contributed by atoms with van der Waals surface area (Å²) in [5, 5.41) is -0.659. The molecule has 1 aromatic heterocycles. The summed E-state index contributed by atoms with van der Waals surface area (Å²) in [6.45, 7) is 1.66. The Hall–Kier alpha value is -1.02. The van der Waals surface area contributed by atoms with Crippen LogP contribution in [0.25, 0.3) is 10.2 Å². The zero-order chi connectivity index (χ0) is 16.9. The highest BCUT2D eigenvalue weighted by Gasteiger charge is 2.25. The van der Waals surface area contributed by atoms with Gasteiger partial charge in [-0.05, 0) is 30.5 Å². The molecule has 1 unspecified atom stereocenters. The van der Waals surface area contributed by atoms with Crippen LogP contribution in [0.2, 0.25) is 0 Å². The third-order valence-corrected chi connectivity index (χ3v) is 7.23. The highest BCUT2D eigenvalue weighted by Crippen LogP contribution is 2.28. The lowest BCUT2D eigenvalue weighted by molar-refractivity contribution is 0.143. The molecule has 4 nitrogen and oxygen atoms in total. The first-order valence-electron chi connectivity index (χ1n) is 7.05. The summed E-state index contributed by atoms with van der Waals surface area (Å²) < 4.78 is 31.6. The molecule has 0 N–H and O–H groups in total. The molecule has 0 spiro atoms. The van der Waals surface area contributed by atoms with Crippen LogP contribution in [0.5, 0.6) is 0 Å². The number of rotatable bonds is 7. The standard InChI is InChI=1S/C16H18BrNO3S2/c1-12(9-10-13(21-2)6-5-11-17)23(19,20)16-18-14-7-3-4-8-15(14)22-16/h3-5,7-13H,6H2,1-2H3/b10-9+,11-5+/t12?,13-/m1/s1. The molecule has 23 heavy (non-hydrogen) atoms. The number of fused-ring (bicyclic) bond motifs is 1. The van der Waals surface area contributed by atoms with E-state index in [0.29, 0.717) is 11.9 Å². The average Bonchev–Trinajstić information content (AvgIpc) is 2.99. The fraction of sp³-hybridized carbons (Fsp3) is 0.312. The van der Waals surface area contributed by atoms with Gasteiger partial charge in [-0.15, -0.1) is 11.3 Å². The van der Waals surface area contributed by atoms with Crippen LogP contribution in [0.15, 0.2) is 51.8 Å². The van der Waals surface area contributed by atoms with E-state index in [1.54, 1.807) is 31.2 Å². The first kappa shape index (κ1) is 18.3. The summed E-state index contributed by atoms with van der Waals surface area (Å²) >= 11 is 4.41. The van der Waals surface area contributed by atoms with Crippen molar-refractivity contribution in [1.82, 2.24) is 4.98 Å². The predicted molar refractivity (Wildman–Crippen MR) is 98.9 cm³/mol. The Balaban J connectivity index is 2.20. The van der Waals surface area contributed by atoms with Crippen LogP contribution in [-0.4, -0.2) is 31.9 Å². The first-order chi connectivity index (χ1) is 11.0. The van der Waals surface area contributed by atoms with Gasteiger partial charge in [-0.25, -0.2) is 13.4 Å². The minimum atomic E-state index is -3.49. The van der Waals surface area contributed by atoms with E-state index >= 15 is 0 Å². The Bertz CT molecular complexity index is 779. The minimum absolute atomic E-state index is 0.156. The number of ether oxygens (including phenoxy) is 1. The molecule has 0 aliphatic heterocycles. The monoisotopic (exact) mass is 415 g/mol. The lowest BCUT2D eigenvalue weighted by atomic mass is 10.2. The van der Waals surface area contributed by atoms with Gasteiger partial charge in [-0.1, -0.05) is 46.3 Å². The van der Waals surface area contributed by atoms with Crippen molar-refractivity contribution in [2.24, 2.45) is 0 Å². The normalized spacial score (nSPS) is 15.6. The van der Waals surface area contributed by atoms with Crippen molar-refractivity contribution in [1.29, 1.82) is 0 Å². The van der Waals surface area contributed by atoms with Gasteiger partial charge in [0, 0.05) is 7.11 Å². The van der Waals surface area contributed by atoms with Gasteiger partial charge in [-0.2, -0.15) is 0 Å². The maximum atomic E-state index is 12.7. The molecule has 124 valence electrons. The second-order valence-electron chi connectivity index (χ2n) is 4.95. The van der Waals surface area contributed by atoms with E-state index in [2.05, 4.69) is 20.9 Å². The molecule has 0 aliphatic carbocycles. The molecule has 2 aromatic rings. The number of nitrogens with zero attached hydrogens (tertiary/aromatic N) is 1. The van der Waals surface area contributed by atoms with Crippen molar-refractivity contribution in [2.75, 3.05) is 7.11 Å². The van der Waals surface area contributed by atoms with Crippen LogP contribution >= 0.6 is 27.3 Å². The van der Waals surface area contributed by atoms with Crippen molar-refractivity contribution in [3.05, 3.63) is 47.5 Å². The van der Waals surface area contributed by atoms with Crippen molar-refractivity contribution in [2.45, 2.75) is 29.0 Å². The molecule has 0 amide bonds. The third kappa shape index (κ3) is 4.50. The Morgan fingerprint density at radius 2 is 2.09 bits per heavy atom. The molecule has 0 saturated carbocycles. The second kappa shape index (κ2) is 8.19. The molecule has 2 rings (SSSR count). The number of halogens is 1. The van der Waals surface area contributed by atoms with Gasteiger partial charge >= 0.3 is 0 Å². The largest absolute Gasteiger partial charge is 0.377 e. The molecule has 0 fully saturated rings. The Kier molecular flexibility index (Phi) is 6.52. The molecule has 1 heterocycles. The molecule has 0 saturated heterocycles. The highest BCUT2D eigenvalue weighted by molar-refractivity contribution is 9.11. The number of para-hydroxylation sites is 1. The summed E-state index contributed by atoms with van der Waals surface area (Å²) in [5.41, 5.74) is 0.712. The average molecular weight is 416 g/mol. The van der Waals surface area contributed by atoms with Crippen molar-refractivity contribution in [3.63, 3.8) is 0 Å². The molecule has 7 heteroatoms. The Labute approximate surface area is 148 Å². The summed E-state index contributed by atoms with van der Waals surface area (Å²) in [5.74, 6) is 0. The van der Waals surface area contributed by atoms with Crippen LogP contribution in [0.3, 0.4) is 0 Å².